The Bertz CT molecular complexity index is 398. The molecule has 0 aromatic heterocycles. The number of aryl methyl sites for hydroxylation is 1. The van der Waals surface area contributed by atoms with Crippen LogP contribution in [0.4, 0.5) is 0 Å². The van der Waals surface area contributed by atoms with Crippen LogP contribution in [0.5, 0.6) is 11.5 Å². The standard InChI is InChI=1S/C12H16O4/c1-7-5-9(15-3)6-10(11(7)13)8(2)12(14)16-4/h5-6,8,13H,1-4H3. The summed E-state index contributed by atoms with van der Waals surface area (Å²) in [5.74, 6) is -0.179. The Labute approximate surface area is 94.8 Å². The van der Waals surface area contributed by atoms with Crippen molar-refractivity contribution in [1.29, 1.82) is 0 Å². The van der Waals surface area contributed by atoms with Crippen molar-refractivity contribution in [3.05, 3.63) is 23.3 Å². The Morgan fingerprint density at radius 3 is 2.50 bits per heavy atom. The summed E-state index contributed by atoms with van der Waals surface area (Å²) in [7, 11) is 2.86. The number of aromatic hydroxyl groups is 1. The van der Waals surface area contributed by atoms with E-state index in [1.54, 1.807) is 33.1 Å². The highest BCUT2D eigenvalue weighted by Crippen LogP contribution is 2.33. The minimum Gasteiger partial charge on any atom is -0.507 e. The molecule has 1 N–H and O–H groups in total. The molecule has 0 aliphatic heterocycles. The number of esters is 1. The Morgan fingerprint density at radius 2 is 2.00 bits per heavy atom. The third-order valence-corrected chi connectivity index (χ3v) is 2.56. The second-order valence-corrected chi connectivity index (χ2v) is 3.63. The predicted octanol–water partition coefficient (Wildman–Crippen LogP) is 1.99. The van der Waals surface area contributed by atoms with Gasteiger partial charge in [-0.2, -0.15) is 0 Å². The monoisotopic (exact) mass is 224 g/mol. The molecule has 0 amide bonds. The number of hydrogen-bond acceptors (Lipinski definition) is 4. The summed E-state index contributed by atoms with van der Waals surface area (Å²) in [4.78, 5) is 11.4. The molecule has 0 fully saturated rings. The van der Waals surface area contributed by atoms with Gasteiger partial charge in [-0.15, -0.1) is 0 Å². The van der Waals surface area contributed by atoms with E-state index in [0.717, 1.165) is 0 Å². The van der Waals surface area contributed by atoms with Gasteiger partial charge in [0.25, 0.3) is 0 Å². The van der Waals surface area contributed by atoms with Gasteiger partial charge in [0.1, 0.15) is 11.5 Å². The molecule has 1 aromatic carbocycles. The third-order valence-electron chi connectivity index (χ3n) is 2.56. The zero-order valence-corrected chi connectivity index (χ0v) is 9.90. The van der Waals surface area contributed by atoms with Crippen LogP contribution < -0.4 is 4.74 Å². The number of benzene rings is 1. The Balaban J connectivity index is 3.21. The minimum atomic E-state index is -0.515. The largest absolute Gasteiger partial charge is 0.507 e. The molecule has 0 heterocycles. The molecule has 0 radical (unpaired) electrons. The van der Waals surface area contributed by atoms with Gasteiger partial charge in [-0.1, -0.05) is 0 Å². The fourth-order valence-corrected chi connectivity index (χ4v) is 1.52. The molecule has 4 heteroatoms. The second kappa shape index (κ2) is 4.88. The van der Waals surface area contributed by atoms with E-state index in [0.29, 0.717) is 16.9 Å². The topological polar surface area (TPSA) is 55.8 Å². The van der Waals surface area contributed by atoms with E-state index in [1.807, 2.05) is 0 Å². The van der Waals surface area contributed by atoms with Gasteiger partial charge >= 0.3 is 5.97 Å². The lowest BCUT2D eigenvalue weighted by Gasteiger charge is -2.14. The van der Waals surface area contributed by atoms with Crippen molar-refractivity contribution in [1.82, 2.24) is 0 Å². The van der Waals surface area contributed by atoms with Gasteiger partial charge in [0.05, 0.1) is 20.1 Å². The molecule has 0 aliphatic carbocycles. The number of rotatable bonds is 3. The van der Waals surface area contributed by atoms with Gasteiger partial charge in [-0.05, 0) is 31.5 Å². The Hall–Kier alpha value is -1.71. The summed E-state index contributed by atoms with van der Waals surface area (Å²) >= 11 is 0. The summed E-state index contributed by atoms with van der Waals surface area (Å²) in [5, 5.41) is 9.87. The Kier molecular flexibility index (Phi) is 3.77. The van der Waals surface area contributed by atoms with Crippen LogP contribution in [-0.4, -0.2) is 25.3 Å². The second-order valence-electron chi connectivity index (χ2n) is 3.63. The molecule has 88 valence electrons. The SMILES string of the molecule is COC(=O)C(C)c1cc(OC)cc(C)c1O. The third kappa shape index (κ3) is 2.27. The number of methoxy groups -OCH3 is 2. The highest BCUT2D eigenvalue weighted by molar-refractivity contribution is 5.79. The fourth-order valence-electron chi connectivity index (χ4n) is 1.52. The van der Waals surface area contributed by atoms with E-state index in [9.17, 15) is 9.90 Å². The van der Waals surface area contributed by atoms with Gasteiger partial charge in [-0.3, -0.25) is 4.79 Å². The molecule has 16 heavy (non-hydrogen) atoms. The van der Waals surface area contributed by atoms with E-state index in [4.69, 9.17) is 4.74 Å². The van der Waals surface area contributed by atoms with E-state index in [1.165, 1.54) is 7.11 Å². The fraction of sp³-hybridized carbons (Fsp3) is 0.417. The maximum atomic E-state index is 11.4. The summed E-state index contributed by atoms with van der Waals surface area (Å²) in [6, 6.07) is 3.35. The zero-order valence-electron chi connectivity index (χ0n) is 9.90. The molecule has 1 rings (SSSR count). The molecular formula is C12H16O4. The number of phenols is 1. The molecule has 1 aromatic rings. The maximum absolute atomic E-state index is 11.4. The van der Waals surface area contributed by atoms with Gasteiger partial charge in [0.15, 0.2) is 0 Å². The normalized spacial score (nSPS) is 12.0. The van der Waals surface area contributed by atoms with Crippen LogP contribution in [0.1, 0.15) is 24.0 Å². The molecule has 1 atom stereocenters. The maximum Gasteiger partial charge on any atom is 0.312 e. The van der Waals surface area contributed by atoms with Crippen molar-refractivity contribution >= 4 is 5.97 Å². The van der Waals surface area contributed by atoms with Crippen LogP contribution in [0.15, 0.2) is 12.1 Å². The molecule has 0 aliphatic rings. The zero-order chi connectivity index (χ0) is 12.3. The first-order valence-corrected chi connectivity index (χ1v) is 4.96. The van der Waals surface area contributed by atoms with Crippen LogP contribution >= 0.6 is 0 Å². The van der Waals surface area contributed by atoms with E-state index in [-0.39, 0.29) is 11.7 Å². The lowest BCUT2D eigenvalue weighted by molar-refractivity contribution is -0.142. The summed E-state index contributed by atoms with van der Waals surface area (Å²) in [6.45, 7) is 3.44. The highest BCUT2D eigenvalue weighted by Gasteiger charge is 2.21. The summed E-state index contributed by atoms with van der Waals surface area (Å²) < 4.78 is 9.73. The summed E-state index contributed by atoms with van der Waals surface area (Å²) in [5.41, 5.74) is 1.19. The summed E-state index contributed by atoms with van der Waals surface area (Å²) in [6.07, 6.45) is 0. The van der Waals surface area contributed by atoms with Gasteiger partial charge < -0.3 is 14.6 Å². The van der Waals surface area contributed by atoms with E-state index < -0.39 is 5.92 Å². The quantitative estimate of drug-likeness (QED) is 0.798. The molecule has 0 saturated carbocycles. The molecule has 0 bridgehead atoms. The molecule has 0 saturated heterocycles. The molecule has 1 unspecified atom stereocenters. The van der Waals surface area contributed by atoms with Crippen LogP contribution in [-0.2, 0) is 9.53 Å². The predicted molar refractivity (Wildman–Crippen MR) is 59.8 cm³/mol. The minimum absolute atomic E-state index is 0.110. The van der Waals surface area contributed by atoms with Crippen LogP contribution in [0.25, 0.3) is 0 Å². The number of hydrogen-bond donors (Lipinski definition) is 1. The number of phenolic OH excluding ortho intramolecular Hbond substituents is 1. The van der Waals surface area contributed by atoms with Crippen LogP contribution in [0, 0.1) is 6.92 Å². The molecule has 0 spiro atoms. The van der Waals surface area contributed by atoms with Crippen molar-refractivity contribution in [2.45, 2.75) is 19.8 Å². The smallest absolute Gasteiger partial charge is 0.312 e. The average molecular weight is 224 g/mol. The average Bonchev–Trinajstić information content (AvgIpc) is 2.30. The van der Waals surface area contributed by atoms with Crippen molar-refractivity contribution in [3.63, 3.8) is 0 Å². The Morgan fingerprint density at radius 1 is 1.38 bits per heavy atom. The van der Waals surface area contributed by atoms with Crippen LogP contribution in [0.3, 0.4) is 0 Å². The number of carbonyl (C=O) groups excluding carboxylic acids is 1. The first-order chi connectivity index (χ1) is 7.51. The van der Waals surface area contributed by atoms with Crippen LogP contribution in [0.2, 0.25) is 0 Å². The number of ether oxygens (including phenoxy) is 2. The van der Waals surface area contributed by atoms with Crippen molar-refractivity contribution in [2.75, 3.05) is 14.2 Å². The molecule has 4 nitrogen and oxygen atoms in total. The van der Waals surface area contributed by atoms with Crippen molar-refractivity contribution in [2.24, 2.45) is 0 Å². The molecular weight excluding hydrogens is 208 g/mol. The first kappa shape index (κ1) is 12.4. The van der Waals surface area contributed by atoms with Gasteiger partial charge in [-0.25, -0.2) is 0 Å². The first-order valence-electron chi connectivity index (χ1n) is 4.96. The van der Waals surface area contributed by atoms with E-state index >= 15 is 0 Å². The highest BCUT2D eigenvalue weighted by atomic mass is 16.5. The van der Waals surface area contributed by atoms with Crippen molar-refractivity contribution in [3.8, 4) is 11.5 Å². The lowest BCUT2D eigenvalue weighted by atomic mass is 9.97. The number of carbonyl (C=O) groups is 1. The van der Waals surface area contributed by atoms with E-state index in [2.05, 4.69) is 4.74 Å². The lowest BCUT2D eigenvalue weighted by Crippen LogP contribution is -2.11. The van der Waals surface area contributed by atoms with Crippen molar-refractivity contribution < 1.29 is 19.4 Å². The van der Waals surface area contributed by atoms with Gasteiger partial charge in [0, 0.05) is 5.56 Å². The van der Waals surface area contributed by atoms with Gasteiger partial charge in [0.2, 0.25) is 0 Å².